The van der Waals surface area contributed by atoms with Crippen LogP contribution in [0.3, 0.4) is 0 Å². The minimum atomic E-state index is -0.490. The minimum absolute atomic E-state index is 0. The van der Waals surface area contributed by atoms with Crippen molar-refractivity contribution >= 4 is 47.4 Å². The molecule has 0 bridgehead atoms. The maximum Gasteiger partial charge on any atom is 0.413 e. The highest BCUT2D eigenvalue weighted by Gasteiger charge is 2.16. The van der Waals surface area contributed by atoms with Gasteiger partial charge >= 0.3 is 6.09 Å². The van der Waals surface area contributed by atoms with Crippen LogP contribution >= 0.6 is 0 Å². The first-order chi connectivity index (χ1) is 23.6. The summed E-state index contributed by atoms with van der Waals surface area (Å²) in [6.07, 6.45) is 14.1. The number of pyridine rings is 4. The number of nitrogens with zero attached hydrogens (tertiary/aromatic N) is 5. The van der Waals surface area contributed by atoms with Crippen LogP contribution in [-0.2, 0) is 14.3 Å². The summed E-state index contributed by atoms with van der Waals surface area (Å²) < 4.78 is 5.05. The first kappa shape index (κ1) is 51.4. The molecule has 0 aliphatic heterocycles. The molecule has 11 heteroatoms. The van der Waals surface area contributed by atoms with Crippen LogP contribution in [0.15, 0.2) is 97.7 Å². The van der Waals surface area contributed by atoms with Crippen molar-refractivity contribution in [3.05, 3.63) is 103 Å². The molecule has 4 aromatic heterocycles. The van der Waals surface area contributed by atoms with E-state index in [9.17, 15) is 14.4 Å². The van der Waals surface area contributed by atoms with Gasteiger partial charge in [-0.3, -0.25) is 14.9 Å². The van der Waals surface area contributed by atoms with E-state index in [-0.39, 0.29) is 7.43 Å². The molecule has 0 fully saturated rings. The van der Waals surface area contributed by atoms with Crippen LogP contribution in [0.4, 0.5) is 16.4 Å². The van der Waals surface area contributed by atoms with Crippen molar-refractivity contribution < 1.29 is 19.1 Å². The summed E-state index contributed by atoms with van der Waals surface area (Å²) in [5.41, 5.74) is 1.23. The molecule has 4 heterocycles. The SMILES string of the molecule is C.CC.CC.CC.CC(C)(C)OC(=O)Nc1ccccn1.CN(C)/C=C/C=O.CNc1ncccc1/C=C/C=O.c1cnc2ncccc2c1. The lowest BCUT2D eigenvalue weighted by molar-refractivity contribution is -0.104. The lowest BCUT2D eigenvalue weighted by Crippen LogP contribution is -2.27. The zero-order valence-corrected chi connectivity index (χ0v) is 31.3. The number of aldehydes is 2. The number of nitrogens with one attached hydrogen (secondary N) is 2. The van der Waals surface area contributed by atoms with Crippen LogP contribution in [0.2, 0.25) is 0 Å². The van der Waals surface area contributed by atoms with E-state index in [1.165, 1.54) is 12.2 Å². The Morgan fingerprint density at radius 2 is 1.26 bits per heavy atom. The highest BCUT2D eigenvalue weighted by Crippen LogP contribution is 2.11. The van der Waals surface area contributed by atoms with E-state index in [0.29, 0.717) is 5.82 Å². The van der Waals surface area contributed by atoms with Gasteiger partial charge in [-0.25, -0.2) is 24.7 Å². The first-order valence-corrected chi connectivity index (χ1v) is 16.2. The number of carbonyl (C=O) groups excluding carboxylic acids is 3. The Balaban J connectivity index is -0.000000272. The number of anilines is 2. The highest BCUT2D eigenvalue weighted by atomic mass is 16.6. The number of allylic oxidation sites excluding steroid dienone is 2. The summed E-state index contributed by atoms with van der Waals surface area (Å²) in [6, 6.07) is 16.8. The molecule has 1 amide bonds. The van der Waals surface area contributed by atoms with Gasteiger partial charge in [0.1, 0.15) is 29.8 Å². The molecule has 0 atom stereocenters. The fourth-order valence-electron chi connectivity index (χ4n) is 2.86. The predicted molar refractivity (Wildman–Crippen MR) is 212 cm³/mol. The molecule has 0 unspecified atom stereocenters. The van der Waals surface area contributed by atoms with Crippen molar-refractivity contribution in [3.8, 4) is 0 Å². The van der Waals surface area contributed by atoms with E-state index < -0.39 is 11.7 Å². The van der Waals surface area contributed by atoms with Crippen LogP contribution in [0.1, 0.15) is 75.3 Å². The van der Waals surface area contributed by atoms with Crippen LogP contribution in [0.5, 0.6) is 0 Å². The van der Waals surface area contributed by atoms with Crippen LogP contribution in [-0.4, -0.2) is 70.2 Å². The Kier molecular flexibility index (Phi) is 35.8. The van der Waals surface area contributed by atoms with Crippen LogP contribution in [0, 0.1) is 0 Å². The summed E-state index contributed by atoms with van der Waals surface area (Å²) >= 11 is 0. The summed E-state index contributed by atoms with van der Waals surface area (Å²) in [5, 5.41) is 6.54. The van der Waals surface area contributed by atoms with Crippen molar-refractivity contribution in [1.82, 2.24) is 24.8 Å². The fraction of sp³-hybridized carbons (Fsp3) is 0.359. The van der Waals surface area contributed by atoms with Gasteiger partial charge in [-0.15, -0.1) is 0 Å². The Hall–Kier alpha value is -5.45. The molecule has 2 N–H and O–H groups in total. The molecular formula is C39H61N7O4. The lowest BCUT2D eigenvalue weighted by atomic mass is 10.2. The summed E-state index contributed by atoms with van der Waals surface area (Å²) in [4.78, 5) is 48.8. The lowest BCUT2D eigenvalue weighted by Gasteiger charge is -2.19. The molecule has 4 rings (SSSR count). The molecule has 0 aromatic carbocycles. The number of amides is 1. The maximum atomic E-state index is 11.3. The molecule has 4 aromatic rings. The summed E-state index contributed by atoms with van der Waals surface area (Å²) in [5.74, 6) is 1.26. The normalized spacial score (nSPS) is 9.12. The zero-order valence-electron chi connectivity index (χ0n) is 31.3. The Morgan fingerprint density at radius 1 is 0.740 bits per heavy atom. The molecule has 276 valence electrons. The monoisotopic (exact) mass is 691 g/mol. The first-order valence-electron chi connectivity index (χ1n) is 16.2. The minimum Gasteiger partial charge on any atom is -0.444 e. The van der Waals surface area contributed by atoms with E-state index in [4.69, 9.17) is 4.74 Å². The zero-order chi connectivity index (χ0) is 37.9. The fourth-order valence-corrected chi connectivity index (χ4v) is 2.86. The molecular weight excluding hydrogens is 630 g/mol. The number of ether oxygens (including phenoxy) is 1. The van der Waals surface area contributed by atoms with Gasteiger partial charge in [-0.05, 0) is 87.5 Å². The maximum absolute atomic E-state index is 11.3. The van der Waals surface area contributed by atoms with Gasteiger partial charge < -0.3 is 15.0 Å². The van der Waals surface area contributed by atoms with E-state index in [2.05, 4.69) is 30.6 Å². The molecule has 0 radical (unpaired) electrons. The Bertz CT molecular complexity index is 1370. The van der Waals surface area contributed by atoms with Gasteiger partial charge in [-0.1, -0.05) is 55.0 Å². The average molecular weight is 692 g/mol. The average Bonchev–Trinajstić information content (AvgIpc) is 3.13. The van der Waals surface area contributed by atoms with Crippen molar-refractivity contribution in [2.24, 2.45) is 0 Å². The highest BCUT2D eigenvalue weighted by molar-refractivity contribution is 5.83. The van der Waals surface area contributed by atoms with E-state index in [1.807, 2.05) is 113 Å². The second-order valence-electron chi connectivity index (χ2n) is 9.52. The number of aromatic nitrogens is 4. The number of rotatable bonds is 6. The van der Waals surface area contributed by atoms with Gasteiger partial charge in [0.15, 0.2) is 5.65 Å². The Morgan fingerprint density at radius 3 is 1.68 bits per heavy atom. The van der Waals surface area contributed by atoms with Gasteiger partial charge in [0.25, 0.3) is 0 Å². The van der Waals surface area contributed by atoms with Crippen molar-refractivity contribution in [2.75, 3.05) is 31.8 Å². The van der Waals surface area contributed by atoms with E-state index >= 15 is 0 Å². The van der Waals surface area contributed by atoms with Gasteiger partial charge in [-0.2, -0.15) is 0 Å². The number of fused-ring (bicyclic) bond motifs is 1. The quantitative estimate of drug-likeness (QED) is 0.148. The van der Waals surface area contributed by atoms with Crippen molar-refractivity contribution in [1.29, 1.82) is 0 Å². The molecule has 0 saturated heterocycles. The molecule has 0 aliphatic rings. The van der Waals surface area contributed by atoms with Crippen molar-refractivity contribution in [2.45, 2.75) is 75.3 Å². The van der Waals surface area contributed by atoms with Gasteiger partial charge in [0, 0.05) is 63.1 Å². The topological polar surface area (TPSA) is 139 Å². The molecule has 0 saturated carbocycles. The predicted octanol–water partition coefficient (Wildman–Crippen LogP) is 9.37. The third-order valence-corrected chi connectivity index (χ3v) is 4.56. The smallest absolute Gasteiger partial charge is 0.413 e. The molecule has 0 spiro atoms. The second-order valence-corrected chi connectivity index (χ2v) is 9.52. The summed E-state index contributed by atoms with van der Waals surface area (Å²) in [6.45, 7) is 17.4. The van der Waals surface area contributed by atoms with Crippen LogP contribution in [0.25, 0.3) is 17.1 Å². The molecule has 0 aliphatic carbocycles. The largest absolute Gasteiger partial charge is 0.444 e. The van der Waals surface area contributed by atoms with E-state index in [0.717, 1.165) is 35.0 Å². The van der Waals surface area contributed by atoms with Gasteiger partial charge in [0.05, 0.1) is 0 Å². The third-order valence-electron chi connectivity index (χ3n) is 4.56. The molecule has 50 heavy (non-hydrogen) atoms. The summed E-state index contributed by atoms with van der Waals surface area (Å²) in [7, 11) is 5.51. The van der Waals surface area contributed by atoms with Crippen LogP contribution < -0.4 is 10.6 Å². The third kappa shape index (κ3) is 28.7. The van der Waals surface area contributed by atoms with Crippen molar-refractivity contribution in [3.63, 3.8) is 0 Å². The number of hydrogen-bond donors (Lipinski definition) is 2. The number of carbonyl (C=O) groups is 3. The second kappa shape index (κ2) is 34.9. The standard InChI is InChI=1S/C10H14N2O2.C9H10N2O.C8H6N2.C5H9NO.3C2H6.CH4/c1-10(2,3)14-9(13)12-8-6-4-5-7-11-8;1-10-9-8(5-3-7-12)4-2-6-11-9;1-3-7-4-2-6-10-8(7)9-5-1;1-6(2)4-3-5-7;3*1-2;/h4-7H,1-3H3,(H,11,12,13);2-7H,1H3,(H,10,11);1-6H;3-5H,1-2H3;3*1-2H3;1H4/b;5-3+;;4-3+;;;;. The molecule has 11 nitrogen and oxygen atoms in total. The Labute approximate surface area is 301 Å². The van der Waals surface area contributed by atoms with Gasteiger partial charge in [0.2, 0.25) is 0 Å². The van der Waals surface area contributed by atoms with E-state index in [1.54, 1.807) is 67.2 Å². The number of hydrogen-bond acceptors (Lipinski definition) is 10.